The molecule has 1 unspecified atom stereocenters. The first-order valence-corrected chi connectivity index (χ1v) is 14.7. The number of nitrogens with one attached hydrogen (secondary N) is 1. The van der Waals surface area contributed by atoms with Crippen molar-refractivity contribution in [3.63, 3.8) is 0 Å². The van der Waals surface area contributed by atoms with Crippen LogP contribution in [0, 0.1) is 36.5 Å². The number of sulfone groups is 1. The molecule has 1 amide bonds. The third-order valence-electron chi connectivity index (χ3n) is 8.89. The summed E-state index contributed by atoms with van der Waals surface area (Å²) in [6.45, 7) is 3.34. The monoisotopic (exact) mass is 482 g/mol. The lowest BCUT2D eigenvalue weighted by Gasteiger charge is -2.54. The SMILES string of the molecule is Cc1nc(N2CCCC(C(=O)NC3C4CC5CC(C4)CC3C5)C2)nc2cc(S(C)(=O)=O)ccc12. The van der Waals surface area contributed by atoms with Crippen LogP contribution in [0.1, 0.15) is 50.6 Å². The first-order chi connectivity index (χ1) is 16.2. The summed E-state index contributed by atoms with van der Waals surface area (Å²) in [6.07, 6.45) is 9.64. The minimum atomic E-state index is -3.31. The molecule has 34 heavy (non-hydrogen) atoms. The van der Waals surface area contributed by atoms with Gasteiger partial charge in [-0.3, -0.25) is 4.79 Å². The van der Waals surface area contributed by atoms with Crippen LogP contribution < -0.4 is 10.2 Å². The van der Waals surface area contributed by atoms with E-state index in [2.05, 4.69) is 10.2 Å². The van der Waals surface area contributed by atoms with Crippen LogP contribution >= 0.6 is 0 Å². The van der Waals surface area contributed by atoms with Gasteiger partial charge in [-0.2, -0.15) is 0 Å². The Bertz CT molecular complexity index is 1220. The maximum Gasteiger partial charge on any atom is 0.226 e. The average molecular weight is 483 g/mol. The molecule has 1 N–H and O–H groups in total. The van der Waals surface area contributed by atoms with Crippen molar-refractivity contribution < 1.29 is 13.2 Å². The van der Waals surface area contributed by atoms with Crippen molar-refractivity contribution in [1.82, 2.24) is 15.3 Å². The number of nitrogens with zero attached hydrogens (tertiary/aromatic N) is 3. The van der Waals surface area contributed by atoms with Crippen LogP contribution in [0.4, 0.5) is 5.95 Å². The van der Waals surface area contributed by atoms with E-state index in [1.165, 1.54) is 38.4 Å². The van der Waals surface area contributed by atoms with Gasteiger partial charge >= 0.3 is 0 Å². The second-order valence-electron chi connectivity index (χ2n) is 11.3. The summed E-state index contributed by atoms with van der Waals surface area (Å²) >= 11 is 0. The zero-order valence-corrected chi connectivity index (χ0v) is 20.9. The number of aromatic nitrogens is 2. The Balaban J connectivity index is 1.19. The van der Waals surface area contributed by atoms with Crippen LogP contribution in [0.5, 0.6) is 0 Å². The number of hydrogen-bond acceptors (Lipinski definition) is 6. The topological polar surface area (TPSA) is 92.3 Å². The molecule has 5 aliphatic rings. The highest BCUT2D eigenvalue weighted by Gasteiger charge is 2.49. The number of carbonyl (C=O) groups excluding carboxylic acids is 1. The Morgan fingerprint density at radius 2 is 1.76 bits per heavy atom. The molecular formula is C26H34N4O3S. The number of aryl methyl sites for hydroxylation is 1. The van der Waals surface area contributed by atoms with Gasteiger partial charge in [-0.05, 0) is 93.7 Å². The molecule has 1 saturated heterocycles. The van der Waals surface area contributed by atoms with E-state index < -0.39 is 9.84 Å². The lowest BCUT2D eigenvalue weighted by molar-refractivity contribution is -0.129. The Morgan fingerprint density at radius 3 is 2.44 bits per heavy atom. The molecule has 182 valence electrons. The fraction of sp³-hybridized carbons (Fsp3) is 0.654. The minimum absolute atomic E-state index is 0.0621. The molecule has 4 saturated carbocycles. The molecular weight excluding hydrogens is 448 g/mol. The number of carbonyl (C=O) groups is 1. The van der Waals surface area contributed by atoms with Gasteiger partial charge in [-0.15, -0.1) is 0 Å². The zero-order valence-electron chi connectivity index (χ0n) is 20.0. The van der Waals surface area contributed by atoms with Gasteiger partial charge in [-0.25, -0.2) is 18.4 Å². The number of fused-ring (bicyclic) bond motifs is 1. The van der Waals surface area contributed by atoms with E-state index in [1.807, 2.05) is 6.92 Å². The molecule has 7 rings (SSSR count). The maximum absolute atomic E-state index is 13.4. The van der Waals surface area contributed by atoms with E-state index in [9.17, 15) is 13.2 Å². The average Bonchev–Trinajstić information content (AvgIpc) is 2.80. The lowest BCUT2D eigenvalue weighted by atomic mass is 9.54. The summed E-state index contributed by atoms with van der Waals surface area (Å²) in [5.74, 6) is 3.87. The van der Waals surface area contributed by atoms with Crippen LogP contribution in [0.3, 0.4) is 0 Å². The largest absolute Gasteiger partial charge is 0.353 e. The van der Waals surface area contributed by atoms with Crippen LogP contribution in [0.25, 0.3) is 10.9 Å². The predicted octanol–water partition coefficient (Wildman–Crippen LogP) is 3.50. The van der Waals surface area contributed by atoms with Crippen LogP contribution in [-0.4, -0.2) is 49.7 Å². The second-order valence-corrected chi connectivity index (χ2v) is 13.3. The quantitative estimate of drug-likeness (QED) is 0.717. The molecule has 5 fully saturated rings. The van der Waals surface area contributed by atoms with E-state index in [0.29, 0.717) is 35.9 Å². The highest BCUT2D eigenvalue weighted by Crippen LogP contribution is 2.53. The van der Waals surface area contributed by atoms with Crippen LogP contribution in [0.15, 0.2) is 23.1 Å². The normalized spacial score (nSPS) is 32.8. The van der Waals surface area contributed by atoms with Gasteiger partial charge in [0, 0.05) is 30.8 Å². The van der Waals surface area contributed by atoms with Crippen molar-refractivity contribution in [2.75, 3.05) is 24.2 Å². The highest BCUT2D eigenvalue weighted by molar-refractivity contribution is 7.90. The van der Waals surface area contributed by atoms with E-state index >= 15 is 0 Å². The van der Waals surface area contributed by atoms with Crippen molar-refractivity contribution in [2.45, 2.75) is 62.8 Å². The highest BCUT2D eigenvalue weighted by atomic mass is 32.2. The first kappa shape index (κ1) is 22.3. The Labute approximate surface area is 201 Å². The molecule has 1 aliphatic heterocycles. The molecule has 0 spiro atoms. The van der Waals surface area contributed by atoms with Gasteiger partial charge in [-0.1, -0.05) is 0 Å². The van der Waals surface area contributed by atoms with Crippen LogP contribution in [-0.2, 0) is 14.6 Å². The summed E-state index contributed by atoms with van der Waals surface area (Å²) < 4.78 is 24.0. The van der Waals surface area contributed by atoms with Crippen molar-refractivity contribution >= 4 is 32.6 Å². The summed E-state index contributed by atoms with van der Waals surface area (Å²) in [6, 6.07) is 5.38. The number of anilines is 1. The lowest BCUT2D eigenvalue weighted by Crippen LogP contribution is -2.57. The van der Waals surface area contributed by atoms with E-state index in [4.69, 9.17) is 9.97 Å². The molecule has 0 radical (unpaired) electrons. The Hall–Kier alpha value is -2.22. The summed E-state index contributed by atoms with van der Waals surface area (Å²) in [5.41, 5.74) is 1.45. The van der Waals surface area contributed by atoms with Crippen molar-refractivity contribution in [1.29, 1.82) is 0 Å². The number of hydrogen-bond donors (Lipinski definition) is 1. The molecule has 1 aromatic heterocycles. The van der Waals surface area contributed by atoms with Gasteiger partial charge in [0.1, 0.15) is 0 Å². The molecule has 4 aliphatic carbocycles. The number of benzene rings is 1. The molecule has 2 heterocycles. The second kappa shape index (κ2) is 8.18. The van der Waals surface area contributed by atoms with Gasteiger partial charge in [0.25, 0.3) is 0 Å². The molecule has 1 aromatic carbocycles. The van der Waals surface area contributed by atoms with Gasteiger partial charge in [0.05, 0.1) is 22.0 Å². The minimum Gasteiger partial charge on any atom is -0.353 e. The molecule has 1 atom stereocenters. The Morgan fingerprint density at radius 1 is 1.06 bits per heavy atom. The molecule has 8 heteroatoms. The number of amides is 1. The van der Waals surface area contributed by atoms with Crippen LogP contribution in [0.2, 0.25) is 0 Å². The summed E-state index contributed by atoms with van der Waals surface area (Å²) in [7, 11) is -3.31. The van der Waals surface area contributed by atoms with Gasteiger partial charge in [0.15, 0.2) is 9.84 Å². The van der Waals surface area contributed by atoms with E-state index in [0.717, 1.165) is 42.3 Å². The smallest absolute Gasteiger partial charge is 0.226 e. The fourth-order valence-electron chi connectivity index (χ4n) is 7.44. The van der Waals surface area contributed by atoms with Gasteiger partial charge < -0.3 is 10.2 Å². The first-order valence-electron chi connectivity index (χ1n) is 12.8. The van der Waals surface area contributed by atoms with Crippen molar-refractivity contribution in [2.24, 2.45) is 29.6 Å². The van der Waals surface area contributed by atoms with Crippen molar-refractivity contribution in [3.05, 3.63) is 23.9 Å². The predicted molar refractivity (Wildman–Crippen MR) is 131 cm³/mol. The third kappa shape index (κ3) is 3.97. The van der Waals surface area contributed by atoms with Gasteiger partial charge in [0.2, 0.25) is 11.9 Å². The number of piperidine rings is 1. The molecule has 4 bridgehead atoms. The maximum atomic E-state index is 13.4. The van der Waals surface area contributed by atoms with E-state index in [-0.39, 0.29) is 16.7 Å². The molecule has 2 aromatic rings. The van der Waals surface area contributed by atoms with Crippen molar-refractivity contribution in [3.8, 4) is 0 Å². The summed E-state index contributed by atoms with van der Waals surface area (Å²) in [5, 5.41) is 4.35. The van der Waals surface area contributed by atoms with E-state index in [1.54, 1.807) is 18.2 Å². The summed E-state index contributed by atoms with van der Waals surface area (Å²) in [4.78, 5) is 25.2. The standard InChI is InChI=1S/C26H34N4O3S/c1-15-22-6-5-21(34(2,32)33)13-23(22)28-26(27-15)30-7-3-4-18(14-30)25(31)29-24-19-9-16-8-17(11-19)12-20(24)10-16/h5-6,13,16-20,24H,3-4,7-12,14H2,1-2H3,(H,29,31). The third-order valence-corrected chi connectivity index (χ3v) is 10.00. The fourth-order valence-corrected chi connectivity index (χ4v) is 8.08. The zero-order chi connectivity index (χ0) is 23.6. The molecule has 7 nitrogen and oxygen atoms in total. The number of rotatable bonds is 4. The Kier molecular flexibility index (Phi) is 5.35.